The summed E-state index contributed by atoms with van der Waals surface area (Å²) in [5, 5.41) is 12.8. The fraction of sp³-hybridized carbons (Fsp3) is 1.00. The molecule has 0 aromatic heterocycles. The van der Waals surface area contributed by atoms with Gasteiger partial charge in [-0.3, -0.25) is 0 Å². The van der Waals surface area contributed by atoms with Crippen molar-refractivity contribution in [1.29, 1.82) is 0 Å². The molecule has 3 unspecified atom stereocenters. The summed E-state index contributed by atoms with van der Waals surface area (Å²) in [6.07, 6.45) is 3.83. The van der Waals surface area contributed by atoms with Gasteiger partial charge < -0.3 is 15.3 Å². The van der Waals surface area contributed by atoms with E-state index < -0.39 is 0 Å². The first kappa shape index (κ1) is 11.4. The summed E-state index contributed by atoms with van der Waals surface area (Å²) in [6.45, 7) is 8.19. The maximum absolute atomic E-state index is 9.33. The number of rotatable bonds is 3. The molecule has 2 heterocycles. The second-order valence-electron chi connectivity index (χ2n) is 5.40. The molecule has 0 radical (unpaired) electrons. The molecular weight excluding hydrogens is 188 g/mol. The molecule has 2 aliphatic rings. The van der Waals surface area contributed by atoms with Crippen LogP contribution in [0.5, 0.6) is 0 Å². The molecule has 0 aliphatic carbocycles. The van der Waals surface area contributed by atoms with E-state index in [1.807, 2.05) is 0 Å². The van der Waals surface area contributed by atoms with Crippen LogP contribution in [0.15, 0.2) is 0 Å². The van der Waals surface area contributed by atoms with E-state index in [0.29, 0.717) is 0 Å². The number of nitrogens with one attached hydrogen (secondary N) is 1. The summed E-state index contributed by atoms with van der Waals surface area (Å²) in [6, 6.07) is 0.760. The second kappa shape index (κ2) is 4.40. The Morgan fingerprint density at radius 3 is 2.93 bits per heavy atom. The normalized spacial score (nSPS) is 42.6. The molecule has 0 spiro atoms. The van der Waals surface area contributed by atoms with Gasteiger partial charge in [-0.2, -0.15) is 0 Å². The molecule has 88 valence electrons. The van der Waals surface area contributed by atoms with Crippen molar-refractivity contribution < 1.29 is 5.11 Å². The molecule has 0 amide bonds. The first-order valence-corrected chi connectivity index (χ1v) is 6.28. The van der Waals surface area contributed by atoms with E-state index in [4.69, 9.17) is 0 Å². The number of aliphatic hydroxyl groups is 1. The lowest BCUT2D eigenvalue weighted by molar-refractivity contribution is 0.170. The molecule has 2 saturated heterocycles. The molecular formula is C12H24N2O. The predicted octanol–water partition coefficient (Wildman–Crippen LogP) is 0.831. The summed E-state index contributed by atoms with van der Waals surface area (Å²) in [5.41, 5.74) is -0.0212. The van der Waals surface area contributed by atoms with E-state index in [-0.39, 0.29) is 12.1 Å². The second-order valence-corrected chi connectivity index (χ2v) is 5.40. The maximum atomic E-state index is 9.33. The van der Waals surface area contributed by atoms with Crippen LogP contribution in [0.3, 0.4) is 0 Å². The number of hydrogen-bond donors (Lipinski definition) is 2. The minimum absolute atomic E-state index is 0.0212. The van der Waals surface area contributed by atoms with E-state index in [9.17, 15) is 5.11 Å². The van der Waals surface area contributed by atoms with Crippen LogP contribution in [-0.4, -0.2) is 47.8 Å². The SMILES string of the molecule is CCN1CCCC1C1CNC(C)(CO)C1. The molecule has 2 fully saturated rings. The third-order valence-electron chi connectivity index (χ3n) is 4.22. The minimum Gasteiger partial charge on any atom is -0.394 e. The van der Waals surface area contributed by atoms with Crippen molar-refractivity contribution in [2.75, 3.05) is 26.2 Å². The lowest BCUT2D eigenvalue weighted by Gasteiger charge is -2.29. The molecule has 2 aliphatic heterocycles. The van der Waals surface area contributed by atoms with Crippen molar-refractivity contribution in [2.45, 2.75) is 44.7 Å². The highest BCUT2D eigenvalue weighted by molar-refractivity contribution is 4.98. The van der Waals surface area contributed by atoms with Gasteiger partial charge in [0.15, 0.2) is 0 Å². The fourth-order valence-corrected chi connectivity index (χ4v) is 3.27. The largest absolute Gasteiger partial charge is 0.394 e. The molecule has 0 aromatic carbocycles. The number of nitrogens with zero attached hydrogens (tertiary/aromatic N) is 1. The smallest absolute Gasteiger partial charge is 0.0610 e. The van der Waals surface area contributed by atoms with Crippen molar-refractivity contribution >= 4 is 0 Å². The van der Waals surface area contributed by atoms with Gasteiger partial charge in [-0.1, -0.05) is 6.92 Å². The summed E-state index contributed by atoms with van der Waals surface area (Å²) in [4.78, 5) is 2.61. The molecule has 0 saturated carbocycles. The van der Waals surface area contributed by atoms with Gasteiger partial charge in [-0.25, -0.2) is 0 Å². The van der Waals surface area contributed by atoms with Gasteiger partial charge in [-0.15, -0.1) is 0 Å². The molecule has 15 heavy (non-hydrogen) atoms. The highest BCUT2D eigenvalue weighted by atomic mass is 16.3. The Hall–Kier alpha value is -0.120. The first-order valence-electron chi connectivity index (χ1n) is 6.28. The lowest BCUT2D eigenvalue weighted by atomic mass is 9.89. The van der Waals surface area contributed by atoms with Crippen LogP contribution in [0.25, 0.3) is 0 Å². The van der Waals surface area contributed by atoms with Crippen LogP contribution in [0, 0.1) is 5.92 Å². The van der Waals surface area contributed by atoms with Crippen LogP contribution in [-0.2, 0) is 0 Å². The zero-order chi connectivity index (χ0) is 10.9. The number of likely N-dealkylation sites (tertiary alicyclic amines) is 1. The summed E-state index contributed by atoms with van der Waals surface area (Å²) in [7, 11) is 0. The molecule has 2 N–H and O–H groups in total. The van der Waals surface area contributed by atoms with Crippen molar-refractivity contribution in [1.82, 2.24) is 10.2 Å². The summed E-state index contributed by atoms with van der Waals surface area (Å²) < 4.78 is 0. The Bertz CT molecular complexity index is 222. The predicted molar refractivity (Wildman–Crippen MR) is 61.9 cm³/mol. The van der Waals surface area contributed by atoms with Gasteiger partial charge in [0.25, 0.3) is 0 Å². The monoisotopic (exact) mass is 212 g/mol. The quantitative estimate of drug-likeness (QED) is 0.727. The lowest BCUT2D eigenvalue weighted by Crippen LogP contribution is -2.39. The molecule has 0 bridgehead atoms. The molecule has 3 atom stereocenters. The molecule has 2 rings (SSSR count). The highest BCUT2D eigenvalue weighted by Crippen LogP contribution is 2.33. The Kier molecular flexibility index (Phi) is 3.33. The average Bonchev–Trinajstić information content (AvgIpc) is 2.84. The standard InChI is InChI=1S/C12H24N2O/c1-3-14-6-4-5-11(14)10-7-12(2,9-15)13-8-10/h10-11,13,15H,3-9H2,1-2H3. The minimum atomic E-state index is -0.0212. The highest BCUT2D eigenvalue weighted by Gasteiger charge is 2.40. The van der Waals surface area contributed by atoms with E-state index >= 15 is 0 Å². The van der Waals surface area contributed by atoms with E-state index in [2.05, 4.69) is 24.1 Å². The van der Waals surface area contributed by atoms with Gasteiger partial charge in [0, 0.05) is 18.1 Å². The topological polar surface area (TPSA) is 35.5 Å². The van der Waals surface area contributed by atoms with E-state index in [0.717, 1.165) is 24.9 Å². The Labute approximate surface area is 92.8 Å². The summed E-state index contributed by atoms with van der Waals surface area (Å²) >= 11 is 0. The third-order valence-corrected chi connectivity index (χ3v) is 4.22. The van der Waals surface area contributed by atoms with Crippen molar-refractivity contribution in [3.63, 3.8) is 0 Å². The van der Waals surface area contributed by atoms with Crippen molar-refractivity contribution in [2.24, 2.45) is 5.92 Å². The van der Waals surface area contributed by atoms with E-state index in [1.54, 1.807) is 0 Å². The number of aliphatic hydroxyl groups excluding tert-OH is 1. The van der Waals surface area contributed by atoms with Gasteiger partial charge in [0.2, 0.25) is 0 Å². The first-order chi connectivity index (χ1) is 7.18. The van der Waals surface area contributed by atoms with Crippen LogP contribution >= 0.6 is 0 Å². The van der Waals surface area contributed by atoms with Crippen LogP contribution in [0.2, 0.25) is 0 Å². The zero-order valence-corrected chi connectivity index (χ0v) is 10.00. The van der Waals surface area contributed by atoms with E-state index in [1.165, 1.54) is 25.9 Å². The fourth-order valence-electron chi connectivity index (χ4n) is 3.27. The van der Waals surface area contributed by atoms with Gasteiger partial charge in [-0.05, 0) is 45.2 Å². The number of hydrogen-bond acceptors (Lipinski definition) is 3. The van der Waals surface area contributed by atoms with Gasteiger partial charge in [0.05, 0.1) is 6.61 Å². The molecule has 3 heteroatoms. The average molecular weight is 212 g/mol. The van der Waals surface area contributed by atoms with Gasteiger partial charge in [0.1, 0.15) is 0 Å². The molecule has 0 aromatic rings. The van der Waals surface area contributed by atoms with Crippen LogP contribution < -0.4 is 5.32 Å². The Morgan fingerprint density at radius 1 is 1.53 bits per heavy atom. The molecule has 3 nitrogen and oxygen atoms in total. The van der Waals surface area contributed by atoms with Crippen molar-refractivity contribution in [3.05, 3.63) is 0 Å². The van der Waals surface area contributed by atoms with Crippen LogP contribution in [0.1, 0.15) is 33.1 Å². The Balaban J connectivity index is 1.95. The van der Waals surface area contributed by atoms with Crippen molar-refractivity contribution in [3.8, 4) is 0 Å². The zero-order valence-electron chi connectivity index (χ0n) is 10.00. The third kappa shape index (κ3) is 2.19. The maximum Gasteiger partial charge on any atom is 0.0610 e. The Morgan fingerprint density at radius 2 is 2.33 bits per heavy atom. The van der Waals surface area contributed by atoms with Gasteiger partial charge >= 0.3 is 0 Å². The summed E-state index contributed by atoms with van der Waals surface area (Å²) in [5.74, 6) is 0.740. The van der Waals surface area contributed by atoms with Crippen LogP contribution in [0.4, 0.5) is 0 Å².